The largest absolute Gasteiger partial charge is 0.394 e. The Morgan fingerprint density at radius 2 is 2.43 bits per heavy atom. The van der Waals surface area contributed by atoms with E-state index < -0.39 is 0 Å². The number of rotatable bonds is 7. The van der Waals surface area contributed by atoms with E-state index >= 15 is 0 Å². The number of nitrogens with one attached hydrogen (secondary N) is 2. The van der Waals surface area contributed by atoms with E-state index in [0.717, 1.165) is 17.7 Å². The van der Waals surface area contributed by atoms with Crippen LogP contribution in [0.4, 0.5) is 0 Å². The summed E-state index contributed by atoms with van der Waals surface area (Å²) in [7, 11) is 0. The number of H-pyrrole nitrogens is 1. The zero-order valence-corrected chi connectivity index (χ0v) is 12.6. The summed E-state index contributed by atoms with van der Waals surface area (Å²) in [4.78, 5) is 16.1. The first kappa shape index (κ1) is 15.5. The minimum absolute atomic E-state index is 0.0735. The van der Waals surface area contributed by atoms with Gasteiger partial charge in [0, 0.05) is 18.0 Å². The van der Waals surface area contributed by atoms with Crippen LogP contribution >= 0.6 is 11.8 Å². The van der Waals surface area contributed by atoms with E-state index in [4.69, 9.17) is 0 Å². The highest BCUT2D eigenvalue weighted by atomic mass is 32.2. The molecular formula is C14H18N4O2S. The molecule has 0 spiro atoms. The molecule has 0 aromatic carbocycles. The normalized spacial score (nSPS) is 12.1. The van der Waals surface area contributed by atoms with Crippen molar-refractivity contribution in [3.05, 3.63) is 36.3 Å². The summed E-state index contributed by atoms with van der Waals surface area (Å²) in [5.41, 5.74) is 1.88. The van der Waals surface area contributed by atoms with Crippen LogP contribution in [0.5, 0.6) is 0 Å². The van der Waals surface area contributed by atoms with Gasteiger partial charge >= 0.3 is 0 Å². The first-order chi connectivity index (χ1) is 10.2. The van der Waals surface area contributed by atoms with Crippen molar-refractivity contribution < 1.29 is 9.90 Å². The number of aliphatic hydroxyl groups is 1. The highest BCUT2D eigenvalue weighted by Crippen LogP contribution is 2.15. The number of carbonyl (C=O) groups excluding carboxylic acids is 1. The number of pyridine rings is 1. The van der Waals surface area contributed by atoms with Crippen molar-refractivity contribution in [3.63, 3.8) is 0 Å². The second kappa shape index (κ2) is 7.80. The predicted molar refractivity (Wildman–Crippen MR) is 83.2 cm³/mol. The summed E-state index contributed by atoms with van der Waals surface area (Å²) < 4.78 is 0. The molecule has 2 aromatic rings. The average Bonchev–Trinajstić information content (AvgIpc) is 3.02. The first-order valence-corrected chi connectivity index (χ1v) is 8.00. The summed E-state index contributed by atoms with van der Waals surface area (Å²) >= 11 is 1.68. The minimum atomic E-state index is -0.266. The van der Waals surface area contributed by atoms with Gasteiger partial charge in [0.1, 0.15) is 5.69 Å². The van der Waals surface area contributed by atoms with E-state index in [1.54, 1.807) is 30.2 Å². The quantitative estimate of drug-likeness (QED) is 0.717. The van der Waals surface area contributed by atoms with Gasteiger partial charge in [0.2, 0.25) is 0 Å². The third-order valence-corrected chi connectivity index (χ3v) is 3.65. The molecule has 0 saturated heterocycles. The Hall–Kier alpha value is -1.86. The van der Waals surface area contributed by atoms with Crippen LogP contribution in [0.1, 0.15) is 16.9 Å². The lowest BCUT2D eigenvalue weighted by Gasteiger charge is -2.14. The Balaban J connectivity index is 2.02. The molecule has 112 valence electrons. The second-order valence-corrected chi connectivity index (χ2v) is 5.53. The number of hydrogen-bond donors (Lipinski definition) is 3. The number of nitrogens with zero attached hydrogens (tertiary/aromatic N) is 2. The summed E-state index contributed by atoms with van der Waals surface area (Å²) in [5.74, 6) is 0.618. The number of amides is 1. The van der Waals surface area contributed by atoms with Crippen molar-refractivity contribution in [2.75, 3.05) is 18.6 Å². The van der Waals surface area contributed by atoms with Gasteiger partial charge in [-0.1, -0.05) is 0 Å². The van der Waals surface area contributed by atoms with Gasteiger partial charge in [0.05, 0.1) is 18.3 Å². The topological polar surface area (TPSA) is 90.9 Å². The third-order valence-electron chi connectivity index (χ3n) is 3.01. The van der Waals surface area contributed by atoms with Crippen LogP contribution in [0.3, 0.4) is 0 Å². The lowest BCUT2D eigenvalue weighted by molar-refractivity contribution is 0.0910. The van der Waals surface area contributed by atoms with Gasteiger partial charge in [-0.25, -0.2) is 0 Å². The highest BCUT2D eigenvalue weighted by Gasteiger charge is 2.15. The molecule has 0 fully saturated rings. The molecule has 0 aliphatic rings. The predicted octanol–water partition coefficient (Wildman–Crippen LogP) is 1.32. The van der Waals surface area contributed by atoms with Gasteiger partial charge in [0.15, 0.2) is 0 Å². The van der Waals surface area contributed by atoms with E-state index in [1.807, 2.05) is 18.4 Å². The molecule has 2 rings (SSSR count). The fourth-order valence-corrected chi connectivity index (χ4v) is 2.35. The molecule has 1 atom stereocenters. The molecule has 2 heterocycles. The van der Waals surface area contributed by atoms with E-state index in [0.29, 0.717) is 11.4 Å². The standard InChI is InChI=1S/C14H18N4O2S/c1-21-6-4-11(9-19)16-14(20)13-7-12(17-18-13)10-3-2-5-15-8-10/h2-3,5,7-8,11,19H,4,6,9H2,1H3,(H,16,20)(H,17,18)/t11-/m1/s1. The molecule has 3 N–H and O–H groups in total. The third kappa shape index (κ3) is 4.30. The molecule has 0 aliphatic carbocycles. The maximum atomic E-state index is 12.1. The molecule has 6 nitrogen and oxygen atoms in total. The van der Waals surface area contributed by atoms with Crippen LogP contribution < -0.4 is 5.32 Å². The second-order valence-electron chi connectivity index (χ2n) is 4.54. The lowest BCUT2D eigenvalue weighted by Crippen LogP contribution is -2.38. The summed E-state index contributed by atoms with van der Waals surface area (Å²) in [6.45, 7) is -0.0735. The Kier molecular flexibility index (Phi) is 5.77. The smallest absolute Gasteiger partial charge is 0.269 e. The number of aromatic amines is 1. The molecule has 0 radical (unpaired) electrons. The van der Waals surface area contributed by atoms with Crippen molar-refractivity contribution in [2.45, 2.75) is 12.5 Å². The Morgan fingerprint density at radius 1 is 1.57 bits per heavy atom. The number of thioether (sulfide) groups is 1. The van der Waals surface area contributed by atoms with Crippen LogP contribution in [-0.2, 0) is 0 Å². The Morgan fingerprint density at radius 3 is 3.10 bits per heavy atom. The molecule has 1 amide bonds. The van der Waals surface area contributed by atoms with Gasteiger partial charge in [-0.15, -0.1) is 0 Å². The number of aliphatic hydroxyl groups excluding tert-OH is 1. The molecule has 0 saturated carbocycles. The van der Waals surface area contributed by atoms with Crippen LogP contribution in [-0.4, -0.2) is 50.9 Å². The van der Waals surface area contributed by atoms with Crippen LogP contribution in [0.25, 0.3) is 11.3 Å². The number of carbonyl (C=O) groups is 1. The Labute approximate surface area is 127 Å². The summed E-state index contributed by atoms with van der Waals surface area (Å²) in [6.07, 6.45) is 6.09. The van der Waals surface area contributed by atoms with Crippen molar-refractivity contribution in [2.24, 2.45) is 0 Å². The Bertz CT molecular complexity index is 573. The lowest BCUT2D eigenvalue weighted by atomic mass is 10.2. The van der Waals surface area contributed by atoms with Gasteiger partial charge in [0.25, 0.3) is 5.91 Å². The molecule has 21 heavy (non-hydrogen) atoms. The van der Waals surface area contributed by atoms with Gasteiger partial charge in [-0.05, 0) is 36.6 Å². The van der Waals surface area contributed by atoms with Crippen molar-refractivity contribution in [1.82, 2.24) is 20.5 Å². The highest BCUT2D eigenvalue weighted by molar-refractivity contribution is 7.98. The van der Waals surface area contributed by atoms with Gasteiger partial charge in [-0.3, -0.25) is 14.9 Å². The van der Waals surface area contributed by atoms with Crippen LogP contribution in [0, 0.1) is 0 Å². The fourth-order valence-electron chi connectivity index (χ4n) is 1.83. The molecule has 0 unspecified atom stereocenters. The minimum Gasteiger partial charge on any atom is -0.394 e. The van der Waals surface area contributed by atoms with Crippen molar-refractivity contribution >= 4 is 17.7 Å². The molecular weight excluding hydrogens is 288 g/mol. The van der Waals surface area contributed by atoms with E-state index in [2.05, 4.69) is 20.5 Å². The first-order valence-electron chi connectivity index (χ1n) is 6.61. The van der Waals surface area contributed by atoms with Crippen molar-refractivity contribution in [1.29, 1.82) is 0 Å². The van der Waals surface area contributed by atoms with E-state index in [1.165, 1.54) is 0 Å². The molecule has 7 heteroatoms. The van der Waals surface area contributed by atoms with Crippen LogP contribution in [0.15, 0.2) is 30.6 Å². The molecule has 2 aromatic heterocycles. The van der Waals surface area contributed by atoms with Crippen molar-refractivity contribution in [3.8, 4) is 11.3 Å². The zero-order valence-electron chi connectivity index (χ0n) is 11.7. The van der Waals surface area contributed by atoms with E-state index in [-0.39, 0.29) is 18.6 Å². The average molecular weight is 306 g/mol. The molecule has 0 aliphatic heterocycles. The summed E-state index contributed by atoms with van der Waals surface area (Å²) in [6, 6.07) is 5.12. The van der Waals surface area contributed by atoms with E-state index in [9.17, 15) is 9.90 Å². The SMILES string of the molecule is CSCC[C@H](CO)NC(=O)c1cc(-c2cccnc2)n[nH]1. The number of hydrogen-bond acceptors (Lipinski definition) is 5. The summed E-state index contributed by atoms with van der Waals surface area (Å²) in [5, 5.41) is 18.9. The monoisotopic (exact) mass is 306 g/mol. The number of aromatic nitrogens is 3. The maximum Gasteiger partial charge on any atom is 0.269 e. The van der Waals surface area contributed by atoms with Gasteiger partial charge in [-0.2, -0.15) is 16.9 Å². The zero-order chi connectivity index (χ0) is 15.1. The molecule has 0 bridgehead atoms. The maximum absolute atomic E-state index is 12.1. The van der Waals surface area contributed by atoms with Gasteiger partial charge < -0.3 is 10.4 Å². The van der Waals surface area contributed by atoms with Crippen LogP contribution in [0.2, 0.25) is 0 Å². The fraction of sp³-hybridized carbons (Fsp3) is 0.357.